The highest BCUT2D eigenvalue weighted by atomic mass is 32.2. The maximum Gasteiger partial charge on any atom is 0.280 e. The van der Waals surface area contributed by atoms with Gasteiger partial charge in [-0.25, -0.2) is 13.4 Å². The topological polar surface area (TPSA) is 170 Å². The van der Waals surface area contributed by atoms with Gasteiger partial charge in [0.25, 0.3) is 5.91 Å². The number of hydrogen-bond acceptors (Lipinski definition) is 11. The van der Waals surface area contributed by atoms with Crippen LogP contribution in [0.15, 0.2) is 92.2 Å². The van der Waals surface area contributed by atoms with Crippen molar-refractivity contribution in [1.29, 1.82) is 10.5 Å². The van der Waals surface area contributed by atoms with Gasteiger partial charge >= 0.3 is 0 Å². The highest BCUT2D eigenvalue weighted by molar-refractivity contribution is 7.89. The molecule has 5 rings (SSSR count). The van der Waals surface area contributed by atoms with Gasteiger partial charge in [-0.3, -0.25) is 9.59 Å². The summed E-state index contributed by atoms with van der Waals surface area (Å²) < 4.78 is 39.2. The Hall–Kier alpha value is -5.41. The quantitative estimate of drug-likeness (QED) is 0.144. The summed E-state index contributed by atoms with van der Waals surface area (Å²) in [4.78, 5) is 31.4. The Balaban J connectivity index is 1.52. The van der Waals surface area contributed by atoms with E-state index in [9.17, 15) is 18.0 Å². The molecule has 226 valence electrons. The monoisotopic (exact) mass is 640 g/mol. The first-order chi connectivity index (χ1) is 21.8. The number of nitrogens with zero attached hydrogens (tertiary/aromatic N) is 6. The number of methoxy groups -OCH3 is 1. The molecule has 0 bridgehead atoms. The lowest BCUT2D eigenvalue weighted by Gasteiger charge is -2.20. The third kappa shape index (κ3) is 6.58. The number of benzene rings is 3. The van der Waals surface area contributed by atoms with Crippen molar-refractivity contribution in [2.75, 3.05) is 25.2 Å². The molecule has 14 heteroatoms. The van der Waals surface area contributed by atoms with E-state index >= 15 is 0 Å². The molecular weight excluding hydrogens is 617 g/mol. The van der Waals surface area contributed by atoms with E-state index < -0.39 is 15.9 Å². The van der Waals surface area contributed by atoms with Crippen LogP contribution in [-0.2, 0) is 10.0 Å². The van der Waals surface area contributed by atoms with E-state index in [0.717, 1.165) is 14.0 Å². The number of anilines is 1. The second-order valence-electron chi connectivity index (χ2n) is 9.45. The van der Waals surface area contributed by atoms with Gasteiger partial charge in [-0.2, -0.15) is 24.9 Å². The maximum atomic E-state index is 13.9. The fourth-order valence-electron chi connectivity index (χ4n) is 4.34. The van der Waals surface area contributed by atoms with Crippen molar-refractivity contribution in [2.45, 2.75) is 17.7 Å². The van der Waals surface area contributed by atoms with Crippen LogP contribution in [0.2, 0.25) is 0 Å². The summed E-state index contributed by atoms with van der Waals surface area (Å²) in [7, 11) is -2.51. The molecule has 0 aliphatic carbocycles. The number of carbonyl (C=O) groups is 1. The molecular formula is C31H24N6O6S2. The third-order valence-corrected chi connectivity index (χ3v) is 9.57. The number of rotatable bonds is 11. The number of carbonyl (C=O) groups excluding carboxylic acids is 1. The smallest absolute Gasteiger partial charge is 0.280 e. The molecule has 0 N–H and O–H groups in total. The molecule has 3 aromatic carbocycles. The number of hydrazone groups is 1. The van der Waals surface area contributed by atoms with E-state index in [2.05, 4.69) is 10.1 Å². The number of thiazole rings is 1. The molecule has 0 aliphatic rings. The van der Waals surface area contributed by atoms with Crippen LogP contribution in [0.1, 0.15) is 28.8 Å². The Morgan fingerprint density at radius 1 is 1.07 bits per heavy atom. The van der Waals surface area contributed by atoms with E-state index in [1.165, 1.54) is 55.2 Å². The summed E-state index contributed by atoms with van der Waals surface area (Å²) in [6, 6.07) is 21.0. The van der Waals surface area contributed by atoms with Crippen LogP contribution in [0.4, 0.5) is 5.13 Å². The predicted molar refractivity (Wildman–Crippen MR) is 169 cm³/mol. The van der Waals surface area contributed by atoms with Gasteiger partial charge in [0, 0.05) is 31.5 Å². The lowest BCUT2D eigenvalue weighted by Crippen LogP contribution is -2.33. The van der Waals surface area contributed by atoms with Gasteiger partial charge in [0.05, 0.1) is 51.5 Å². The zero-order valence-corrected chi connectivity index (χ0v) is 25.4. The standard InChI is InChI=1S/C31H24N6O6S2/c1-42-23-10-13-26-28(18-23)44-31(35-26)37(34-19-22-20-43-27-7-3-2-6-25(27)29(22)38)30(39)21-8-11-24(12-9-21)45(40,41)36(16-4-14-32)17-5-15-33/h2-3,6-13,18-20H,4-5,16-17H2,1H3/b34-19+. The van der Waals surface area contributed by atoms with Gasteiger partial charge in [0.2, 0.25) is 20.6 Å². The minimum absolute atomic E-state index is 0.0439. The van der Waals surface area contributed by atoms with E-state index in [0.29, 0.717) is 22.2 Å². The largest absolute Gasteiger partial charge is 0.497 e. The van der Waals surface area contributed by atoms with Crippen molar-refractivity contribution < 1.29 is 22.4 Å². The first kappa shape index (κ1) is 31.0. The van der Waals surface area contributed by atoms with Gasteiger partial charge in [0.15, 0.2) is 0 Å². The zero-order chi connectivity index (χ0) is 32.0. The van der Waals surface area contributed by atoms with Crippen molar-refractivity contribution in [3.63, 3.8) is 0 Å². The fraction of sp³-hybridized carbons (Fsp3) is 0.161. The Bertz CT molecular complexity index is 2140. The van der Waals surface area contributed by atoms with Crippen LogP contribution in [0.5, 0.6) is 5.75 Å². The summed E-state index contributed by atoms with van der Waals surface area (Å²) in [6.07, 6.45) is 2.38. The van der Waals surface area contributed by atoms with Crippen molar-refractivity contribution >= 4 is 59.8 Å². The number of amides is 1. The summed E-state index contributed by atoms with van der Waals surface area (Å²) in [5.74, 6) is -0.0413. The molecule has 45 heavy (non-hydrogen) atoms. The molecule has 0 saturated carbocycles. The van der Waals surface area contributed by atoms with Crippen molar-refractivity contribution in [3.8, 4) is 17.9 Å². The molecule has 0 atom stereocenters. The highest BCUT2D eigenvalue weighted by Crippen LogP contribution is 2.32. The second kappa shape index (κ2) is 13.5. The van der Waals surface area contributed by atoms with Crippen molar-refractivity contribution in [2.24, 2.45) is 5.10 Å². The normalized spacial score (nSPS) is 11.6. The predicted octanol–water partition coefficient (Wildman–Crippen LogP) is 4.91. The number of aromatic nitrogens is 1. The Morgan fingerprint density at radius 2 is 1.78 bits per heavy atom. The van der Waals surface area contributed by atoms with Crippen LogP contribution in [0, 0.1) is 22.7 Å². The van der Waals surface area contributed by atoms with Crippen LogP contribution in [-0.4, -0.2) is 50.0 Å². The highest BCUT2D eigenvalue weighted by Gasteiger charge is 2.26. The Labute approximate surface area is 261 Å². The van der Waals surface area contributed by atoms with E-state index in [4.69, 9.17) is 19.7 Å². The van der Waals surface area contributed by atoms with Gasteiger partial charge in [-0.1, -0.05) is 23.5 Å². The number of para-hydroxylation sites is 1. The fourth-order valence-corrected chi connectivity index (χ4v) is 6.74. The van der Waals surface area contributed by atoms with Gasteiger partial charge < -0.3 is 9.15 Å². The van der Waals surface area contributed by atoms with Crippen LogP contribution < -0.4 is 15.2 Å². The zero-order valence-electron chi connectivity index (χ0n) is 23.8. The summed E-state index contributed by atoms with van der Waals surface area (Å²) in [5.41, 5.74) is 0.848. The first-order valence-corrected chi connectivity index (χ1v) is 15.7. The minimum atomic E-state index is -4.04. The SMILES string of the molecule is COc1ccc2nc(N(/N=C/c3coc4ccccc4c3=O)C(=O)c3ccc(S(=O)(=O)N(CCC#N)CCC#N)cc3)sc2c1. The van der Waals surface area contributed by atoms with Crippen molar-refractivity contribution in [1.82, 2.24) is 9.29 Å². The molecule has 0 radical (unpaired) electrons. The number of sulfonamides is 1. The van der Waals surface area contributed by atoms with E-state index in [1.54, 1.807) is 42.5 Å². The van der Waals surface area contributed by atoms with Crippen LogP contribution in [0.3, 0.4) is 0 Å². The first-order valence-electron chi connectivity index (χ1n) is 13.4. The number of ether oxygens (including phenoxy) is 1. The minimum Gasteiger partial charge on any atom is -0.497 e. The van der Waals surface area contributed by atoms with Crippen LogP contribution in [0.25, 0.3) is 21.2 Å². The summed E-state index contributed by atoms with van der Waals surface area (Å²) in [6.45, 7) is -0.149. The molecule has 2 heterocycles. The molecule has 0 fully saturated rings. The van der Waals surface area contributed by atoms with E-state index in [1.807, 2.05) is 12.1 Å². The average molecular weight is 641 g/mol. The van der Waals surface area contributed by atoms with E-state index in [-0.39, 0.29) is 52.5 Å². The Kier molecular flexibility index (Phi) is 9.30. The molecule has 12 nitrogen and oxygen atoms in total. The summed E-state index contributed by atoms with van der Waals surface area (Å²) in [5, 5.41) is 23.8. The lowest BCUT2D eigenvalue weighted by atomic mass is 10.2. The number of nitriles is 2. The molecule has 5 aromatic rings. The second-order valence-corrected chi connectivity index (χ2v) is 12.4. The number of fused-ring (bicyclic) bond motifs is 2. The molecule has 1 amide bonds. The van der Waals surface area contributed by atoms with Crippen molar-refractivity contribution in [3.05, 3.63) is 94.3 Å². The maximum absolute atomic E-state index is 13.9. The average Bonchev–Trinajstić information content (AvgIpc) is 3.48. The summed E-state index contributed by atoms with van der Waals surface area (Å²) >= 11 is 1.17. The van der Waals surface area contributed by atoms with Crippen LogP contribution >= 0.6 is 11.3 Å². The van der Waals surface area contributed by atoms with Gasteiger partial charge in [-0.05, 0) is 54.6 Å². The van der Waals surface area contributed by atoms with Gasteiger partial charge in [0.1, 0.15) is 17.6 Å². The Morgan fingerprint density at radius 3 is 2.47 bits per heavy atom. The lowest BCUT2D eigenvalue weighted by molar-refractivity contribution is 0.0987. The molecule has 0 unspecified atom stereocenters. The van der Waals surface area contributed by atoms with Gasteiger partial charge in [-0.15, -0.1) is 0 Å². The molecule has 0 saturated heterocycles. The third-order valence-electron chi connectivity index (χ3n) is 6.66. The molecule has 0 aliphatic heterocycles. The molecule has 0 spiro atoms. The molecule has 2 aromatic heterocycles. The number of hydrogen-bond donors (Lipinski definition) is 0.